The minimum atomic E-state index is -3.54. The molecule has 0 unspecified atom stereocenters. The van der Waals surface area contributed by atoms with Crippen molar-refractivity contribution in [3.05, 3.63) is 53.6 Å². The van der Waals surface area contributed by atoms with Crippen molar-refractivity contribution in [2.75, 3.05) is 50.9 Å². The van der Waals surface area contributed by atoms with E-state index in [1.165, 1.54) is 22.5 Å². The summed E-state index contributed by atoms with van der Waals surface area (Å²) in [6, 6.07) is 8.59. The van der Waals surface area contributed by atoms with Gasteiger partial charge in [0.25, 0.3) is 0 Å². The molecule has 0 saturated carbocycles. The van der Waals surface area contributed by atoms with Crippen LogP contribution < -0.4 is 9.64 Å². The van der Waals surface area contributed by atoms with Gasteiger partial charge in [0.05, 0.1) is 30.3 Å². The van der Waals surface area contributed by atoms with Crippen molar-refractivity contribution in [3.8, 4) is 5.75 Å². The highest BCUT2D eigenvalue weighted by molar-refractivity contribution is 7.89. The Morgan fingerprint density at radius 3 is 2.50 bits per heavy atom. The molecule has 2 aromatic rings. The van der Waals surface area contributed by atoms with E-state index in [9.17, 15) is 17.2 Å². The van der Waals surface area contributed by atoms with E-state index in [1.807, 2.05) is 4.90 Å². The van der Waals surface area contributed by atoms with Crippen molar-refractivity contribution in [1.82, 2.24) is 4.31 Å². The number of hydrogen-bond donors (Lipinski definition) is 0. The van der Waals surface area contributed by atoms with Gasteiger partial charge in [-0.25, -0.2) is 17.2 Å². The molecule has 0 aromatic heterocycles. The van der Waals surface area contributed by atoms with Crippen LogP contribution in [0.2, 0.25) is 0 Å². The monoisotopic (exact) mass is 438 g/mol. The SMILES string of the molecule is O=S(=O)(c1ccc(OCCN2CCCc3cc(F)cc(F)c32)cc1)N1CCOCC1. The van der Waals surface area contributed by atoms with Crippen molar-refractivity contribution in [2.24, 2.45) is 0 Å². The summed E-state index contributed by atoms with van der Waals surface area (Å²) >= 11 is 0. The molecule has 0 N–H and O–H groups in total. The van der Waals surface area contributed by atoms with Gasteiger partial charge >= 0.3 is 0 Å². The molecule has 0 radical (unpaired) electrons. The molecule has 6 nitrogen and oxygen atoms in total. The first-order chi connectivity index (χ1) is 14.4. The molecule has 0 bridgehead atoms. The van der Waals surface area contributed by atoms with E-state index >= 15 is 0 Å². The number of sulfonamides is 1. The quantitative estimate of drug-likeness (QED) is 0.694. The van der Waals surface area contributed by atoms with Gasteiger partial charge in [-0.15, -0.1) is 0 Å². The molecule has 0 amide bonds. The molecule has 1 saturated heterocycles. The highest BCUT2D eigenvalue weighted by Gasteiger charge is 2.26. The predicted octanol–water partition coefficient (Wildman–Crippen LogP) is 2.82. The summed E-state index contributed by atoms with van der Waals surface area (Å²) in [5, 5.41) is 0. The molecule has 2 aliphatic rings. The van der Waals surface area contributed by atoms with E-state index in [4.69, 9.17) is 9.47 Å². The zero-order valence-electron chi connectivity index (χ0n) is 16.5. The van der Waals surface area contributed by atoms with Gasteiger partial charge in [-0.05, 0) is 48.7 Å². The Balaban J connectivity index is 1.37. The maximum atomic E-state index is 14.3. The lowest BCUT2D eigenvalue weighted by atomic mass is 10.0. The number of ether oxygens (including phenoxy) is 2. The molecule has 1 fully saturated rings. The molecule has 9 heteroatoms. The fraction of sp³-hybridized carbons (Fsp3) is 0.429. The van der Waals surface area contributed by atoms with E-state index in [0.717, 1.165) is 12.5 Å². The van der Waals surface area contributed by atoms with Gasteiger partial charge in [-0.2, -0.15) is 4.31 Å². The number of hydrogen-bond acceptors (Lipinski definition) is 5. The summed E-state index contributed by atoms with van der Waals surface area (Å²) in [5.74, 6) is -0.577. The third kappa shape index (κ3) is 4.43. The van der Waals surface area contributed by atoms with Crippen LogP contribution in [0.15, 0.2) is 41.3 Å². The Labute approximate surface area is 175 Å². The molecule has 4 rings (SSSR count). The van der Waals surface area contributed by atoms with Crippen LogP contribution in [-0.4, -0.2) is 58.7 Å². The predicted molar refractivity (Wildman–Crippen MR) is 108 cm³/mol. The van der Waals surface area contributed by atoms with Gasteiger partial charge in [-0.3, -0.25) is 0 Å². The van der Waals surface area contributed by atoms with Gasteiger partial charge in [0, 0.05) is 25.7 Å². The lowest BCUT2D eigenvalue weighted by Crippen LogP contribution is -2.40. The summed E-state index contributed by atoms with van der Waals surface area (Å²) in [4.78, 5) is 2.08. The van der Waals surface area contributed by atoms with Crippen LogP contribution >= 0.6 is 0 Å². The number of aryl methyl sites for hydroxylation is 1. The number of benzene rings is 2. The molecular formula is C21H24F2N2O4S. The number of halogens is 2. The molecule has 162 valence electrons. The summed E-state index contributed by atoms with van der Waals surface area (Å²) in [6.45, 7) is 2.90. The standard InChI is InChI=1S/C21H24F2N2O4S/c22-17-14-16-2-1-7-24(21(16)20(23)15-17)8-13-29-18-3-5-19(6-4-18)30(26,27)25-9-11-28-12-10-25/h3-6,14-15H,1-2,7-13H2. The molecule has 30 heavy (non-hydrogen) atoms. The van der Waals surface area contributed by atoms with Crippen LogP contribution in [-0.2, 0) is 21.2 Å². The fourth-order valence-corrected chi connectivity index (χ4v) is 5.29. The second kappa shape index (κ2) is 8.87. The van der Waals surface area contributed by atoms with Gasteiger partial charge in [0.15, 0.2) is 0 Å². The number of morpholine rings is 1. The Bertz CT molecular complexity index is 993. The number of rotatable bonds is 6. The largest absolute Gasteiger partial charge is 0.492 e. The minimum absolute atomic E-state index is 0.214. The molecule has 0 aliphatic carbocycles. The van der Waals surface area contributed by atoms with E-state index in [2.05, 4.69) is 0 Å². The fourth-order valence-electron chi connectivity index (χ4n) is 3.88. The van der Waals surface area contributed by atoms with Crippen LogP contribution in [0.4, 0.5) is 14.5 Å². The summed E-state index contributed by atoms with van der Waals surface area (Å²) < 4.78 is 65.4. The molecular weight excluding hydrogens is 414 g/mol. The van der Waals surface area contributed by atoms with Gasteiger partial charge in [-0.1, -0.05) is 0 Å². The van der Waals surface area contributed by atoms with Crippen LogP contribution in [0.5, 0.6) is 5.75 Å². The van der Waals surface area contributed by atoms with Crippen LogP contribution in [0, 0.1) is 11.6 Å². The Morgan fingerprint density at radius 2 is 1.77 bits per heavy atom. The topological polar surface area (TPSA) is 59.1 Å². The minimum Gasteiger partial charge on any atom is -0.492 e. The maximum absolute atomic E-state index is 14.3. The average molecular weight is 438 g/mol. The van der Waals surface area contributed by atoms with E-state index < -0.39 is 21.7 Å². The number of fused-ring (bicyclic) bond motifs is 1. The highest BCUT2D eigenvalue weighted by Crippen LogP contribution is 2.31. The smallest absolute Gasteiger partial charge is 0.243 e. The van der Waals surface area contributed by atoms with Crippen molar-refractivity contribution >= 4 is 15.7 Å². The van der Waals surface area contributed by atoms with E-state index in [1.54, 1.807) is 12.1 Å². The molecule has 0 spiro atoms. The van der Waals surface area contributed by atoms with Crippen molar-refractivity contribution < 1.29 is 26.7 Å². The summed E-state index contributed by atoms with van der Waals surface area (Å²) in [6.07, 6.45) is 1.48. The van der Waals surface area contributed by atoms with E-state index in [-0.39, 0.29) is 4.90 Å². The van der Waals surface area contributed by atoms with Gasteiger partial charge < -0.3 is 14.4 Å². The normalized spacial score (nSPS) is 17.6. The second-order valence-electron chi connectivity index (χ2n) is 7.32. The first-order valence-corrected chi connectivity index (χ1v) is 11.4. The zero-order valence-corrected chi connectivity index (χ0v) is 17.3. The second-order valence-corrected chi connectivity index (χ2v) is 9.26. The van der Waals surface area contributed by atoms with Crippen LogP contribution in [0.1, 0.15) is 12.0 Å². The average Bonchev–Trinajstić information content (AvgIpc) is 2.74. The first-order valence-electron chi connectivity index (χ1n) is 9.99. The third-order valence-corrected chi connectivity index (χ3v) is 7.27. The molecule has 0 atom stereocenters. The zero-order chi connectivity index (χ0) is 21.1. The maximum Gasteiger partial charge on any atom is 0.243 e. The van der Waals surface area contributed by atoms with Gasteiger partial charge in [0.2, 0.25) is 10.0 Å². The van der Waals surface area contributed by atoms with E-state index in [0.29, 0.717) is 69.4 Å². The molecule has 2 aliphatic heterocycles. The molecule has 2 aromatic carbocycles. The highest BCUT2D eigenvalue weighted by atomic mass is 32.2. The van der Waals surface area contributed by atoms with Crippen molar-refractivity contribution in [2.45, 2.75) is 17.7 Å². The van der Waals surface area contributed by atoms with Crippen molar-refractivity contribution in [3.63, 3.8) is 0 Å². The number of anilines is 1. The van der Waals surface area contributed by atoms with Crippen molar-refractivity contribution in [1.29, 1.82) is 0 Å². The summed E-state index contributed by atoms with van der Waals surface area (Å²) in [5.41, 5.74) is 1.12. The lowest BCUT2D eigenvalue weighted by Gasteiger charge is -2.31. The van der Waals surface area contributed by atoms with Crippen LogP contribution in [0.3, 0.4) is 0 Å². The number of nitrogens with zero attached hydrogens (tertiary/aromatic N) is 2. The third-order valence-electron chi connectivity index (χ3n) is 5.36. The molecule has 2 heterocycles. The Morgan fingerprint density at radius 1 is 1.03 bits per heavy atom. The first kappa shape index (κ1) is 21.0. The van der Waals surface area contributed by atoms with Crippen LogP contribution in [0.25, 0.3) is 0 Å². The lowest BCUT2D eigenvalue weighted by molar-refractivity contribution is 0.0730. The van der Waals surface area contributed by atoms with Gasteiger partial charge in [0.1, 0.15) is 24.0 Å². The Hall–Kier alpha value is -2.23. The summed E-state index contributed by atoms with van der Waals surface area (Å²) in [7, 11) is -3.54. The Kier molecular flexibility index (Phi) is 6.21.